The van der Waals surface area contributed by atoms with Crippen molar-refractivity contribution in [3.05, 3.63) is 17.5 Å². The molecule has 58 valence electrons. The van der Waals surface area contributed by atoms with Gasteiger partial charge in [0.2, 0.25) is 0 Å². The van der Waals surface area contributed by atoms with E-state index in [0.29, 0.717) is 12.0 Å². The Balaban J connectivity index is 2.20. The van der Waals surface area contributed by atoms with Gasteiger partial charge < -0.3 is 0 Å². The first-order valence-electron chi connectivity index (χ1n) is 3.60. The van der Waals surface area contributed by atoms with Crippen LogP contribution in [0.5, 0.6) is 0 Å². The highest BCUT2D eigenvalue weighted by Crippen LogP contribution is 2.64. The molecule has 1 N–H and O–H groups in total. The molecule has 0 bridgehead atoms. The van der Waals surface area contributed by atoms with Crippen LogP contribution in [-0.4, -0.2) is 16.4 Å². The molecule has 3 atom stereocenters. The molecule has 3 rings (SSSR count). The highest BCUT2D eigenvalue weighted by molar-refractivity contribution is 5.43. The quantitative estimate of drug-likeness (QED) is 0.598. The van der Waals surface area contributed by atoms with Crippen LogP contribution in [0.1, 0.15) is 11.3 Å². The van der Waals surface area contributed by atoms with Crippen molar-refractivity contribution in [2.45, 2.75) is 18.3 Å². The molecular weight excluding hydrogens is 150 g/mol. The van der Waals surface area contributed by atoms with E-state index in [4.69, 9.17) is 0 Å². The molecule has 1 saturated carbocycles. The number of aromatic nitrogens is 2. The Bertz CT molecular complexity index is 322. The van der Waals surface area contributed by atoms with Crippen molar-refractivity contribution in [3.63, 3.8) is 0 Å². The van der Waals surface area contributed by atoms with Gasteiger partial charge in [0, 0.05) is 17.2 Å². The SMILES string of the molecule is FC1C2Cc3[nH]ncc3C12F. The number of halogens is 2. The predicted molar refractivity (Wildman–Crippen MR) is 33.5 cm³/mol. The zero-order chi connectivity index (χ0) is 7.64. The molecule has 1 aromatic heterocycles. The highest BCUT2D eigenvalue weighted by atomic mass is 19.2. The molecule has 3 unspecified atom stereocenters. The number of nitrogens with one attached hydrogen (secondary N) is 1. The number of hydrogen-bond donors (Lipinski definition) is 1. The van der Waals surface area contributed by atoms with Crippen molar-refractivity contribution < 1.29 is 8.78 Å². The normalized spacial score (nSPS) is 45.3. The van der Waals surface area contributed by atoms with Crippen LogP contribution >= 0.6 is 0 Å². The lowest BCUT2D eigenvalue weighted by Crippen LogP contribution is -2.00. The maximum atomic E-state index is 13.5. The monoisotopic (exact) mass is 156 g/mol. The molecule has 1 aromatic rings. The molecule has 0 spiro atoms. The summed E-state index contributed by atoms with van der Waals surface area (Å²) < 4.78 is 26.2. The summed E-state index contributed by atoms with van der Waals surface area (Å²) in [5.74, 6) is -0.424. The lowest BCUT2D eigenvalue weighted by Gasteiger charge is -1.97. The van der Waals surface area contributed by atoms with Gasteiger partial charge in [0.1, 0.15) is 6.17 Å². The van der Waals surface area contributed by atoms with Crippen LogP contribution in [0.25, 0.3) is 0 Å². The van der Waals surface area contributed by atoms with Gasteiger partial charge in [-0.3, -0.25) is 5.10 Å². The first-order chi connectivity index (χ1) is 5.24. The Morgan fingerprint density at radius 3 is 3.36 bits per heavy atom. The second kappa shape index (κ2) is 1.33. The van der Waals surface area contributed by atoms with Gasteiger partial charge in [0.25, 0.3) is 0 Å². The molecule has 0 aromatic carbocycles. The molecule has 2 aliphatic rings. The van der Waals surface area contributed by atoms with E-state index in [-0.39, 0.29) is 0 Å². The van der Waals surface area contributed by atoms with Crippen LogP contribution in [0.4, 0.5) is 8.78 Å². The average molecular weight is 156 g/mol. The first-order valence-corrected chi connectivity index (χ1v) is 3.60. The number of alkyl halides is 2. The fraction of sp³-hybridized carbons (Fsp3) is 0.571. The minimum atomic E-state index is -1.68. The van der Waals surface area contributed by atoms with Crippen LogP contribution < -0.4 is 0 Å². The maximum absolute atomic E-state index is 13.5. The summed E-state index contributed by atoms with van der Waals surface area (Å²) in [6, 6.07) is 0. The summed E-state index contributed by atoms with van der Waals surface area (Å²) in [7, 11) is 0. The van der Waals surface area contributed by atoms with Crippen LogP contribution in [0.15, 0.2) is 6.20 Å². The third-order valence-electron chi connectivity index (χ3n) is 2.74. The molecule has 1 fully saturated rings. The third-order valence-corrected chi connectivity index (χ3v) is 2.74. The van der Waals surface area contributed by atoms with Crippen molar-refractivity contribution in [2.24, 2.45) is 5.92 Å². The summed E-state index contributed by atoms with van der Waals surface area (Å²) in [6.07, 6.45) is 0.592. The minimum Gasteiger partial charge on any atom is -0.282 e. The van der Waals surface area contributed by atoms with Crippen molar-refractivity contribution in [1.29, 1.82) is 0 Å². The first kappa shape index (κ1) is 5.69. The maximum Gasteiger partial charge on any atom is 0.176 e. The van der Waals surface area contributed by atoms with E-state index in [9.17, 15) is 8.78 Å². The van der Waals surface area contributed by atoms with Gasteiger partial charge in [-0.25, -0.2) is 8.78 Å². The van der Waals surface area contributed by atoms with Crippen molar-refractivity contribution in [1.82, 2.24) is 10.2 Å². The fourth-order valence-corrected chi connectivity index (χ4v) is 2.00. The smallest absolute Gasteiger partial charge is 0.176 e. The van der Waals surface area contributed by atoms with Crippen LogP contribution in [0, 0.1) is 5.92 Å². The number of fused-ring (bicyclic) bond motifs is 3. The Kier molecular flexibility index (Phi) is 0.688. The molecule has 0 radical (unpaired) electrons. The summed E-state index contributed by atoms with van der Waals surface area (Å²) in [5.41, 5.74) is -0.469. The Hall–Kier alpha value is -0.930. The second-order valence-corrected chi connectivity index (χ2v) is 3.24. The largest absolute Gasteiger partial charge is 0.282 e. The van der Waals surface area contributed by atoms with E-state index in [2.05, 4.69) is 10.2 Å². The van der Waals surface area contributed by atoms with E-state index in [0.717, 1.165) is 5.69 Å². The van der Waals surface area contributed by atoms with Crippen molar-refractivity contribution in [3.8, 4) is 0 Å². The number of hydrogen-bond acceptors (Lipinski definition) is 1. The molecule has 0 saturated heterocycles. The summed E-state index contributed by atoms with van der Waals surface area (Å²) >= 11 is 0. The Morgan fingerprint density at radius 1 is 1.73 bits per heavy atom. The van der Waals surface area contributed by atoms with Crippen LogP contribution in [-0.2, 0) is 12.1 Å². The summed E-state index contributed by atoms with van der Waals surface area (Å²) in [6.45, 7) is 0. The number of H-pyrrole nitrogens is 1. The Labute approximate surface area is 61.6 Å². The number of aromatic amines is 1. The molecular formula is C7H6F2N2. The van der Waals surface area contributed by atoms with Crippen LogP contribution in [0.2, 0.25) is 0 Å². The molecule has 2 aliphatic carbocycles. The topological polar surface area (TPSA) is 28.7 Å². The van der Waals surface area contributed by atoms with Gasteiger partial charge in [-0.2, -0.15) is 5.10 Å². The van der Waals surface area contributed by atoms with E-state index >= 15 is 0 Å². The Morgan fingerprint density at radius 2 is 2.55 bits per heavy atom. The van der Waals surface area contributed by atoms with Gasteiger partial charge in [0.05, 0.1) is 6.20 Å². The summed E-state index contributed by atoms with van der Waals surface area (Å²) in [5, 5.41) is 6.34. The van der Waals surface area contributed by atoms with E-state index in [1.807, 2.05) is 0 Å². The number of rotatable bonds is 0. The minimum absolute atomic E-state index is 0.424. The predicted octanol–water partition coefficient (Wildman–Crippen LogP) is 1.10. The number of nitrogens with zero attached hydrogens (tertiary/aromatic N) is 1. The van der Waals surface area contributed by atoms with Crippen LogP contribution in [0.3, 0.4) is 0 Å². The van der Waals surface area contributed by atoms with Gasteiger partial charge in [-0.05, 0) is 6.42 Å². The second-order valence-electron chi connectivity index (χ2n) is 3.24. The zero-order valence-electron chi connectivity index (χ0n) is 5.64. The van der Waals surface area contributed by atoms with Crippen molar-refractivity contribution >= 4 is 0 Å². The van der Waals surface area contributed by atoms with E-state index < -0.39 is 17.8 Å². The van der Waals surface area contributed by atoms with E-state index in [1.54, 1.807) is 0 Å². The molecule has 11 heavy (non-hydrogen) atoms. The third kappa shape index (κ3) is 0.415. The standard InChI is InChI=1S/C7H6F2N2/c8-6-3-1-5-4(2-10-11-5)7(3,6)9/h2-3,6H,1H2,(H,10,11). The van der Waals surface area contributed by atoms with Gasteiger partial charge in [0.15, 0.2) is 5.67 Å². The fourth-order valence-electron chi connectivity index (χ4n) is 2.00. The highest BCUT2D eigenvalue weighted by Gasteiger charge is 2.73. The van der Waals surface area contributed by atoms with Gasteiger partial charge >= 0.3 is 0 Å². The lowest BCUT2D eigenvalue weighted by atomic mass is 10.2. The molecule has 0 amide bonds. The molecule has 4 heteroatoms. The molecule has 1 heterocycles. The zero-order valence-corrected chi connectivity index (χ0v) is 5.64. The average Bonchev–Trinajstić information content (AvgIpc) is 2.43. The molecule has 2 nitrogen and oxygen atoms in total. The van der Waals surface area contributed by atoms with Gasteiger partial charge in [-0.1, -0.05) is 0 Å². The summed E-state index contributed by atoms with van der Waals surface area (Å²) in [4.78, 5) is 0. The van der Waals surface area contributed by atoms with Crippen molar-refractivity contribution in [2.75, 3.05) is 0 Å². The lowest BCUT2D eigenvalue weighted by molar-refractivity contribution is 0.250. The van der Waals surface area contributed by atoms with Gasteiger partial charge in [-0.15, -0.1) is 0 Å². The van der Waals surface area contributed by atoms with E-state index in [1.165, 1.54) is 6.20 Å². The molecule has 0 aliphatic heterocycles.